The number of carbonyl (C=O) groups excluding carboxylic acids is 2. The van der Waals surface area contributed by atoms with E-state index in [0.717, 1.165) is 0 Å². The van der Waals surface area contributed by atoms with Gasteiger partial charge in [-0.1, -0.05) is 23.7 Å². The Bertz CT molecular complexity index is 1540. The number of furan rings is 1. The number of halogens is 2. The Labute approximate surface area is 209 Å². The average molecular weight is 508 g/mol. The van der Waals surface area contributed by atoms with Crippen molar-refractivity contribution in [2.75, 3.05) is 19.1 Å². The average Bonchev–Trinajstić information content (AvgIpc) is 3.42. The van der Waals surface area contributed by atoms with E-state index in [4.69, 9.17) is 25.5 Å². The molecule has 0 saturated heterocycles. The molecule has 0 fully saturated rings. The smallest absolute Gasteiger partial charge is 0.294 e. The van der Waals surface area contributed by atoms with Crippen molar-refractivity contribution in [3.63, 3.8) is 0 Å². The normalized spacial score (nSPS) is 15.6. The lowest BCUT2D eigenvalue weighted by Gasteiger charge is -2.27. The van der Waals surface area contributed by atoms with Crippen LogP contribution in [-0.4, -0.2) is 31.0 Å². The van der Waals surface area contributed by atoms with Gasteiger partial charge in [0.2, 0.25) is 5.78 Å². The summed E-state index contributed by atoms with van der Waals surface area (Å²) in [6.45, 7) is 0. The Hall–Kier alpha value is -4.30. The summed E-state index contributed by atoms with van der Waals surface area (Å²) in [6.07, 6.45) is 0. The molecule has 0 spiro atoms. The third-order valence-corrected chi connectivity index (χ3v) is 6.18. The highest BCUT2D eigenvalue weighted by Crippen LogP contribution is 2.43. The second-order valence-electron chi connectivity index (χ2n) is 8.06. The lowest BCUT2D eigenvalue weighted by Crippen LogP contribution is -2.31. The van der Waals surface area contributed by atoms with E-state index >= 15 is 0 Å². The summed E-state index contributed by atoms with van der Waals surface area (Å²) >= 11 is 6.14. The molecular formula is C27H19ClFNO6. The van der Waals surface area contributed by atoms with Crippen molar-refractivity contribution >= 4 is 39.9 Å². The zero-order chi connectivity index (χ0) is 25.6. The lowest BCUT2D eigenvalue weighted by atomic mass is 9.94. The van der Waals surface area contributed by atoms with Gasteiger partial charge >= 0.3 is 0 Å². The van der Waals surface area contributed by atoms with Crippen LogP contribution >= 0.6 is 11.6 Å². The molecule has 1 amide bonds. The Balaban J connectivity index is 1.67. The Kier molecular flexibility index (Phi) is 5.89. The summed E-state index contributed by atoms with van der Waals surface area (Å²) in [6, 6.07) is 15.5. The Morgan fingerprint density at radius 1 is 1.06 bits per heavy atom. The predicted molar refractivity (Wildman–Crippen MR) is 131 cm³/mol. The van der Waals surface area contributed by atoms with Crippen LogP contribution in [0.5, 0.6) is 11.5 Å². The number of hydrogen-bond acceptors (Lipinski definition) is 6. The van der Waals surface area contributed by atoms with Gasteiger partial charge in [-0.25, -0.2) is 4.39 Å². The fourth-order valence-electron chi connectivity index (χ4n) is 4.31. The topological polar surface area (TPSA) is 89.2 Å². The molecule has 1 N–H and O–H groups in total. The zero-order valence-corrected chi connectivity index (χ0v) is 19.9. The number of ketones is 1. The first kappa shape index (κ1) is 23.4. The molecule has 2 heterocycles. The summed E-state index contributed by atoms with van der Waals surface area (Å²) in [5.41, 5.74) is 0.891. The van der Waals surface area contributed by atoms with Gasteiger partial charge in [0.1, 0.15) is 11.6 Å². The fourth-order valence-corrected chi connectivity index (χ4v) is 4.53. The molecule has 36 heavy (non-hydrogen) atoms. The van der Waals surface area contributed by atoms with Gasteiger partial charge in [0.15, 0.2) is 22.9 Å². The van der Waals surface area contributed by atoms with E-state index < -0.39 is 29.3 Å². The zero-order valence-electron chi connectivity index (χ0n) is 19.1. The van der Waals surface area contributed by atoms with Crippen LogP contribution < -0.4 is 14.4 Å². The number of methoxy groups -OCH3 is 2. The third-order valence-electron chi connectivity index (χ3n) is 5.96. The molecule has 0 aliphatic carbocycles. The second kappa shape index (κ2) is 9.05. The van der Waals surface area contributed by atoms with Crippen LogP contribution in [0.1, 0.15) is 22.2 Å². The second-order valence-corrected chi connectivity index (χ2v) is 8.50. The van der Waals surface area contributed by atoms with Crippen molar-refractivity contribution in [1.82, 2.24) is 0 Å². The SMILES string of the molecule is COc1cccc(C2C(C(=O)c3cc4cc(Cl)cc(OC)c4o3)=C(O)C(=O)N2c2ccc(F)cc2)c1. The van der Waals surface area contributed by atoms with E-state index in [1.54, 1.807) is 36.4 Å². The minimum absolute atomic E-state index is 0.117. The summed E-state index contributed by atoms with van der Waals surface area (Å²) < 4.78 is 30.1. The monoisotopic (exact) mass is 507 g/mol. The Morgan fingerprint density at radius 2 is 1.81 bits per heavy atom. The lowest BCUT2D eigenvalue weighted by molar-refractivity contribution is -0.117. The van der Waals surface area contributed by atoms with Crippen LogP contribution in [0.15, 0.2) is 82.5 Å². The molecule has 5 rings (SSSR count). The maximum atomic E-state index is 13.8. The van der Waals surface area contributed by atoms with E-state index in [9.17, 15) is 19.1 Å². The summed E-state index contributed by atoms with van der Waals surface area (Å²) in [7, 11) is 2.93. The molecule has 0 bridgehead atoms. The van der Waals surface area contributed by atoms with Crippen molar-refractivity contribution in [2.24, 2.45) is 0 Å². The van der Waals surface area contributed by atoms with Crippen molar-refractivity contribution < 1.29 is 33.0 Å². The number of hydrogen-bond donors (Lipinski definition) is 1. The molecule has 7 nitrogen and oxygen atoms in total. The van der Waals surface area contributed by atoms with E-state index in [-0.39, 0.29) is 11.3 Å². The van der Waals surface area contributed by atoms with Gasteiger partial charge in [0, 0.05) is 22.2 Å². The summed E-state index contributed by atoms with van der Waals surface area (Å²) in [4.78, 5) is 28.3. The summed E-state index contributed by atoms with van der Waals surface area (Å²) in [5.74, 6) is -2.04. The van der Waals surface area contributed by atoms with E-state index in [2.05, 4.69) is 0 Å². The molecule has 182 valence electrons. The van der Waals surface area contributed by atoms with Crippen LogP contribution in [0.2, 0.25) is 5.02 Å². The van der Waals surface area contributed by atoms with Crippen LogP contribution in [0.25, 0.3) is 11.0 Å². The quantitative estimate of drug-likeness (QED) is 0.321. The highest BCUT2D eigenvalue weighted by atomic mass is 35.5. The fraction of sp³-hybridized carbons (Fsp3) is 0.111. The number of aliphatic hydroxyl groups is 1. The molecule has 9 heteroatoms. The molecule has 3 aromatic carbocycles. The summed E-state index contributed by atoms with van der Waals surface area (Å²) in [5, 5.41) is 11.8. The third kappa shape index (κ3) is 3.85. The maximum Gasteiger partial charge on any atom is 0.294 e. The van der Waals surface area contributed by atoms with Crippen LogP contribution in [0.4, 0.5) is 10.1 Å². The number of carbonyl (C=O) groups is 2. The van der Waals surface area contributed by atoms with Gasteiger partial charge in [-0.05, 0) is 54.1 Å². The molecule has 0 saturated carbocycles. The molecule has 1 aromatic heterocycles. The van der Waals surface area contributed by atoms with Crippen LogP contribution in [0, 0.1) is 5.82 Å². The van der Waals surface area contributed by atoms with Crippen molar-refractivity contribution in [1.29, 1.82) is 0 Å². The van der Waals surface area contributed by atoms with Gasteiger partial charge in [0.25, 0.3) is 5.91 Å². The standard InChI is InChI=1S/C27H19ClFNO6/c1-34-19-5-3-4-14(11-19)23-22(25(32)27(33)30(23)18-8-6-17(29)7-9-18)24(31)20-12-15-10-16(28)13-21(35-2)26(15)36-20/h3-13,23,32H,1-2H3. The number of ether oxygens (including phenoxy) is 2. The van der Waals surface area contributed by atoms with E-state index in [0.29, 0.717) is 38.7 Å². The molecular weight excluding hydrogens is 489 g/mol. The number of nitrogens with zero attached hydrogens (tertiary/aromatic N) is 1. The number of aliphatic hydroxyl groups excluding tert-OH is 1. The molecule has 1 aliphatic heterocycles. The minimum atomic E-state index is -1.04. The number of benzene rings is 3. The van der Waals surface area contributed by atoms with Gasteiger partial charge in [-0.2, -0.15) is 0 Å². The number of Topliss-reactive ketones (excluding diaryl/α,β-unsaturated/α-hetero) is 1. The number of amides is 1. The maximum absolute atomic E-state index is 13.8. The number of rotatable bonds is 6. The van der Waals surface area contributed by atoms with Crippen molar-refractivity contribution in [3.05, 3.63) is 100 Å². The Morgan fingerprint density at radius 3 is 2.50 bits per heavy atom. The molecule has 1 unspecified atom stereocenters. The highest BCUT2D eigenvalue weighted by molar-refractivity contribution is 6.31. The molecule has 4 aromatic rings. The highest BCUT2D eigenvalue weighted by Gasteiger charge is 2.45. The van der Waals surface area contributed by atoms with Gasteiger partial charge < -0.3 is 19.0 Å². The van der Waals surface area contributed by atoms with Crippen LogP contribution in [0.3, 0.4) is 0 Å². The van der Waals surface area contributed by atoms with Crippen molar-refractivity contribution in [3.8, 4) is 11.5 Å². The van der Waals surface area contributed by atoms with Gasteiger partial charge in [-0.3, -0.25) is 14.5 Å². The van der Waals surface area contributed by atoms with Gasteiger partial charge in [-0.15, -0.1) is 0 Å². The molecule has 1 atom stereocenters. The number of anilines is 1. The molecule has 0 radical (unpaired) electrons. The van der Waals surface area contributed by atoms with Crippen molar-refractivity contribution in [2.45, 2.75) is 6.04 Å². The first-order valence-electron chi connectivity index (χ1n) is 10.8. The minimum Gasteiger partial charge on any atom is -0.503 e. The van der Waals surface area contributed by atoms with Crippen LogP contribution in [-0.2, 0) is 4.79 Å². The predicted octanol–water partition coefficient (Wildman–Crippen LogP) is 6.03. The van der Waals surface area contributed by atoms with Gasteiger partial charge in [0.05, 0.1) is 25.8 Å². The first-order chi connectivity index (χ1) is 17.3. The first-order valence-corrected chi connectivity index (χ1v) is 11.2. The largest absolute Gasteiger partial charge is 0.503 e. The van der Waals surface area contributed by atoms with E-state index in [1.807, 2.05) is 0 Å². The molecule has 1 aliphatic rings. The van der Waals surface area contributed by atoms with E-state index in [1.165, 1.54) is 49.5 Å². The number of fused-ring (bicyclic) bond motifs is 1.